The van der Waals surface area contributed by atoms with E-state index >= 15 is 0 Å². The quantitative estimate of drug-likeness (QED) is 0.873. The normalized spacial score (nSPS) is 12.5. The van der Waals surface area contributed by atoms with Crippen molar-refractivity contribution < 1.29 is 9.90 Å². The van der Waals surface area contributed by atoms with Gasteiger partial charge in [0.25, 0.3) is 0 Å². The van der Waals surface area contributed by atoms with Crippen LogP contribution in [0.2, 0.25) is 0 Å². The summed E-state index contributed by atoms with van der Waals surface area (Å²) in [5.74, 6) is -1.17. The molecule has 1 aromatic carbocycles. The largest absolute Gasteiger partial charge is 0.481 e. The molecular formula is C15H17NO2. The highest BCUT2D eigenvalue weighted by Gasteiger charge is 2.19. The number of benzene rings is 1. The molecule has 0 aliphatic rings. The SMILES string of the molecule is CCCCC(C(=O)O)c1ccc2cccnc2c1. The molecular weight excluding hydrogens is 226 g/mol. The maximum absolute atomic E-state index is 11.3. The predicted molar refractivity (Wildman–Crippen MR) is 71.6 cm³/mol. The minimum absolute atomic E-state index is 0.420. The number of fused-ring (bicyclic) bond motifs is 1. The Kier molecular flexibility index (Phi) is 3.92. The van der Waals surface area contributed by atoms with Gasteiger partial charge in [0.2, 0.25) is 0 Å². The van der Waals surface area contributed by atoms with Crippen LogP contribution in [0.4, 0.5) is 0 Å². The Labute approximate surface area is 106 Å². The van der Waals surface area contributed by atoms with E-state index in [0.717, 1.165) is 29.3 Å². The first-order valence-electron chi connectivity index (χ1n) is 6.30. The van der Waals surface area contributed by atoms with E-state index in [9.17, 15) is 9.90 Å². The monoisotopic (exact) mass is 243 g/mol. The molecule has 3 heteroatoms. The van der Waals surface area contributed by atoms with Gasteiger partial charge in [0.1, 0.15) is 0 Å². The average Bonchev–Trinajstić information content (AvgIpc) is 2.38. The molecule has 0 fully saturated rings. The van der Waals surface area contributed by atoms with E-state index in [2.05, 4.69) is 11.9 Å². The summed E-state index contributed by atoms with van der Waals surface area (Å²) in [6.45, 7) is 2.07. The number of carboxylic acid groups (broad SMARTS) is 1. The number of aliphatic carboxylic acids is 1. The number of nitrogens with zero attached hydrogens (tertiary/aromatic N) is 1. The number of pyridine rings is 1. The zero-order chi connectivity index (χ0) is 13.0. The van der Waals surface area contributed by atoms with Crippen LogP contribution in [0, 0.1) is 0 Å². The highest BCUT2D eigenvalue weighted by Crippen LogP contribution is 2.25. The summed E-state index contributed by atoms with van der Waals surface area (Å²) in [5, 5.41) is 10.3. The van der Waals surface area contributed by atoms with Crippen LogP contribution in [0.1, 0.15) is 37.7 Å². The number of hydrogen-bond donors (Lipinski definition) is 1. The van der Waals surface area contributed by atoms with Crippen LogP contribution in [-0.4, -0.2) is 16.1 Å². The highest BCUT2D eigenvalue weighted by molar-refractivity contribution is 5.82. The second-order valence-electron chi connectivity index (χ2n) is 4.49. The van der Waals surface area contributed by atoms with Gasteiger partial charge >= 0.3 is 5.97 Å². The molecule has 1 aromatic heterocycles. The number of carbonyl (C=O) groups is 1. The third-order valence-corrected chi connectivity index (χ3v) is 3.18. The van der Waals surface area contributed by atoms with Gasteiger partial charge in [-0.05, 0) is 24.1 Å². The van der Waals surface area contributed by atoms with Gasteiger partial charge in [-0.1, -0.05) is 38.0 Å². The fourth-order valence-corrected chi connectivity index (χ4v) is 2.14. The maximum atomic E-state index is 11.3. The lowest BCUT2D eigenvalue weighted by molar-refractivity contribution is -0.139. The molecule has 0 aliphatic heterocycles. The summed E-state index contributed by atoms with van der Waals surface area (Å²) >= 11 is 0. The smallest absolute Gasteiger partial charge is 0.310 e. The van der Waals surface area contributed by atoms with Gasteiger partial charge in [0.05, 0.1) is 11.4 Å². The van der Waals surface area contributed by atoms with Gasteiger partial charge in [-0.15, -0.1) is 0 Å². The second kappa shape index (κ2) is 5.63. The average molecular weight is 243 g/mol. The van der Waals surface area contributed by atoms with Crippen molar-refractivity contribution >= 4 is 16.9 Å². The van der Waals surface area contributed by atoms with Crippen LogP contribution in [0.5, 0.6) is 0 Å². The fourth-order valence-electron chi connectivity index (χ4n) is 2.14. The summed E-state index contributed by atoms with van der Waals surface area (Å²) in [6, 6.07) is 9.60. The second-order valence-corrected chi connectivity index (χ2v) is 4.49. The molecule has 0 saturated heterocycles. The van der Waals surface area contributed by atoms with Crippen LogP contribution in [0.3, 0.4) is 0 Å². The van der Waals surface area contributed by atoms with E-state index in [-0.39, 0.29) is 0 Å². The molecule has 0 amide bonds. The van der Waals surface area contributed by atoms with Crippen LogP contribution in [-0.2, 0) is 4.79 Å². The van der Waals surface area contributed by atoms with Crippen LogP contribution < -0.4 is 0 Å². The van der Waals surface area contributed by atoms with Crippen LogP contribution in [0.25, 0.3) is 10.9 Å². The van der Waals surface area contributed by atoms with E-state index in [1.807, 2.05) is 30.3 Å². The van der Waals surface area contributed by atoms with Crippen molar-refractivity contribution in [3.05, 3.63) is 42.1 Å². The molecule has 3 nitrogen and oxygen atoms in total. The third-order valence-electron chi connectivity index (χ3n) is 3.18. The summed E-state index contributed by atoms with van der Waals surface area (Å²) < 4.78 is 0. The zero-order valence-corrected chi connectivity index (χ0v) is 10.5. The molecule has 2 aromatic rings. The Balaban J connectivity index is 2.35. The first-order chi connectivity index (χ1) is 8.72. The molecule has 1 unspecified atom stereocenters. The van der Waals surface area contributed by atoms with E-state index in [4.69, 9.17) is 0 Å². The van der Waals surface area contributed by atoms with Gasteiger partial charge in [-0.2, -0.15) is 0 Å². The Morgan fingerprint density at radius 1 is 1.39 bits per heavy atom. The van der Waals surface area contributed by atoms with Crippen molar-refractivity contribution in [1.82, 2.24) is 4.98 Å². The first-order valence-corrected chi connectivity index (χ1v) is 6.30. The lowest BCUT2D eigenvalue weighted by atomic mass is 9.93. The van der Waals surface area contributed by atoms with E-state index in [1.165, 1.54) is 0 Å². The first kappa shape index (κ1) is 12.6. The molecule has 0 saturated carbocycles. The third kappa shape index (κ3) is 2.67. The fraction of sp³-hybridized carbons (Fsp3) is 0.333. The summed E-state index contributed by atoms with van der Waals surface area (Å²) in [7, 11) is 0. The van der Waals surface area contributed by atoms with Crippen LogP contribution in [0.15, 0.2) is 36.5 Å². The maximum Gasteiger partial charge on any atom is 0.310 e. The van der Waals surface area contributed by atoms with Crippen molar-refractivity contribution in [3.63, 3.8) is 0 Å². The van der Waals surface area contributed by atoms with Gasteiger partial charge < -0.3 is 5.11 Å². The highest BCUT2D eigenvalue weighted by atomic mass is 16.4. The molecule has 18 heavy (non-hydrogen) atoms. The predicted octanol–water partition coefficient (Wildman–Crippen LogP) is 3.59. The number of hydrogen-bond acceptors (Lipinski definition) is 2. The number of aromatic nitrogens is 1. The van der Waals surface area contributed by atoms with Gasteiger partial charge in [0, 0.05) is 11.6 Å². The van der Waals surface area contributed by atoms with E-state index in [0.29, 0.717) is 6.42 Å². The standard InChI is InChI=1S/C15H17NO2/c1-2-3-6-13(15(17)18)12-8-7-11-5-4-9-16-14(11)10-12/h4-5,7-10,13H,2-3,6H2,1H3,(H,17,18). The molecule has 0 aliphatic carbocycles. The van der Waals surface area contributed by atoms with E-state index < -0.39 is 11.9 Å². The van der Waals surface area contributed by atoms with Crippen LogP contribution >= 0.6 is 0 Å². The summed E-state index contributed by atoms with van der Waals surface area (Å²) in [6.07, 6.45) is 4.35. The summed E-state index contributed by atoms with van der Waals surface area (Å²) in [4.78, 5) is 15.6. The Hall–Kier alpha value is -1.90. The number of rotatable bonds is 5. The molecule has 2 rings (SSSR count). The molecule has 0 bridgehead atoms. The van der Waals surface area contributed by atoms with Gasteiger partial charge in [-0.3, -0.25) is 9.78 Å². The van der Waals surface area contributed by atoms with Crippen molar-refractivity contribution in [3.8, 4) is 0 Å². The summed E-state index contributed by atoms with van der Waals surface area (Å²) in [5.41, 5.74) is 1.71. The van der Waals surface area contributed by atoms with Gasteiger partial charge in [-0.25, -0.2) is 0 Å². The lowest BCUT2D eigenvalue weighted by Crippen LogP contribution is -2.11. The molecule has 0 radical (unpaired) electrons. The Morgan fingerprint density at radius 3 is 2.94 bits per heavy atom. The number of unbranched alkanes of at least 4 members (excludes halogenated alkanes) is 1. The van der Waals surface area contributed by atoms with Gasteiger partial charge in [0.15, 0.2) is 0 Å². The molecule has 1 N–H and O–H groups in total. The Bertz CT molecular complexity index is 551. The Morgan fingerprint density at radius 2 is 2.22 bits per heavy atom. The van der Waals surface area contributed by atoms with E-state index in [1.54, 1.807) is 6.20 Å². The topological polar surface area (TPSA) is 50.2 Å². The van der Waals surface area contributed by atoms with Crippen molar-refractivity contribution in [2.45, 2.75) is 32.1 Å². The minimum atomic E-state index is -0.751. The van der Waals surface area contributed by atoms with Crippen molar-refractivity contribution in [2.24, 2.45) is 0 Å². The molecule has 94 valence electrons. The zero-order valence-electron chi connectivity index (χ0n) is 10.5. The minimum Gasteiger partial charge on any atom is -0.481 e. The molecule has 0 spiro atoms. The molecule has 1 atom stereocenters. The van der Waals surface area contributed by atoms with Crippen molar-refractivity contribution in [2.75, 3.05) is 0 Å². The lowest BCUT2D eigenvalue weighted by Gasteiger charge is -2.12. The molecule has 1 heterocycles. The number of carboxylic acids is 1. The van der Waals surface area contributed by atoms with Crippen molar-refractivity contribution in [1.29, 1.82) is 0 Å².